The summed E-state index contributed by atoms with van der Waals surface area (Å²) in [4.78, 5) is 0.185. The Balaban J connectivity index is 1.77. The van der Waals surface area contributed by atoms with Crippen molar-refractivity contribution in [3.63, 3.8) is 0 Å². The fourth-order valence-electron chi connectivity index (χ4n) is 4.48. The molecule has 0 saturated carbocycles. The van der Waals surface area contributed by atoms with E-state index >= 15 is 0 Å². The van der Waals surface area contributed by atoms with Crippen LogP contribution in [0.1, 0.15) is 11.1 Å². The first-order chi connectivity index (χ1) is 16.3. The highest BCUT2D eigenvalue weighted by Crippen LogP contribution is 2.46. The van der Waals surface area contributed by atoms with Gasteiger partial charge in [-0.25, -0.2) is 8.42 Å². The molecule has 0 amide bonds. The van der Waals surface area contributed by atoms with Crippen molar-refractivity contribution in [3.05, 3.63) is 96.1 Å². The lowest BCUT2D eigenvalue weighted by molar-refractivity contribution is 0.472. The van der Waals surface area contributed by atoms with Crippen molar-refractivity contribution in [1.29, 1.82) is 0 Å². The standard InChI is InChI=1S/C28H23NO4S/c1-17-11-14-26(18(2)15-17)34(32,33)29-24-16-23(28(31)22-10-6-5-9-21(22)24)27-20-8-4-3-7-19(20)12-13-25(27)30/h3-16,29-31H,1-2H3. The van der Waals surface area contributed by atoms with Gasteiger partial charge in [-0.05, 0) is 48.4 Å². The van der Waals surface area contributed by atoms with Gasteiger partial charge in [0.1, 0.15) is 11.5 Å². The van der Waals surface area contributed by atoms with Crippen molar-refractivity contribution in [2.75, 3.05) is 4.72 Å². The van der Waals surface area contributed by atoms with E-state index in [1.807, 2.05) is 37.3 Å². The molecule has 0 radical (unpaired) electrons. The van der Waals surface area contributed by atoms with E-state index in [4.69, 9.17) is 0 Å². The quantitative estimate of drug-likeness (QED) is 0.263. The normalized spacial score (nSPS) is 11.7. The number of fused-ring (bicyclic) bond motifs is 2. The molecule has 0 aliphatic rings. The van der Waals surface area contributed by atoms with Gasteiger partial charge in [0, 0.05) is 21.9 Å². The highest BCUT2D eigenvalue weighted by atomic mass is 32.2. The summed E-state index contributed by atoms with van der Waals surface area (Å²) in [6.45, 7) is 3.67. The zero-order valence-electron chi connectivity index (χ0n) is 18.7. The molecule has 5 aromatic carbocycles. The van der Waals surface area contributed by atoms with E-state index in [9.17, 15) is 18.6 Å². The number of hydrogen-bond acceptors (Lipinski definition) is 4. The molecule has 170 valence electrons. The number of rotatable bonds is 4. The molecule has 5 rings (SSSR count). The molecule has 0 fully saturated rings. The number of phenolic OH excluding ortho intramolecular Hbond substituents is 2. The minimum atomic E-state index is -3.91. The van der Waals surface area contributed by atoms with Crippen molar-refractivity contribution in [2.24, 2.45) is 0 Å². The molecule has 0 heterocycles. The smallest absolute Gasteiger partial charge is 0.262 e. The molecule has 0 unspecified atom stereocenters. The van der Waals surface area contributed by atoms with E-state index in [-0.39, 0.29) is 16.4 Å². The van der Waals surface area contributed by atoms with Gasteiger partial charge >= 0.3 is 0 Å². The monoisotopic (exact) mass is 469 g/mol. The fourth-order valence-corrected chi connectivity index (χ4v) is 5.78. The third kappa shape index (κ3) is 3.62. The highest BCUT2D eigenvalue weighted by molar-refractivity contribution is 7.92. The van der Waals surface area contributed by atoms with E-state index in [0.717, 1.165) is 16.3 Å². The number of nitrogens with one attached hydrogen (secondary N) is 1. The second kappa shape index (κ2) is 8.08. The molecule has 0 saturated heterocycles. The molecule has 5 aromatic rings. The van der Waals surface area contributed by atoms with Crippen LogP contribution in [-0.2, 0) is 10.0 Å². The van der Waals surface area contributed by atoms with Crippen molar-refractivity contribution < 1.29 is 18.6 Å². The van der Waals surface area contributed by atoms with Crippen LogP contribution in [0.3, 0.4) is 0 Å². The summed E-state index contributed by atoms with van der Waals surface area (Å²) in [5, 5.41) is 24.7. The summed E-state index contributed by atoms with van der Waals surface area (Å²) < 4.78 is 29.5. The van der Waals surface area contributed by atoms with Crippen LogP contribution in [0, 0.1) is 13.8 Å². The van der Waals surface area contributed by atoms with Crippen LogP contribution in [0.4, 0.5) is 5.69 Å². The van der Waals surface area contributed by atoms with Crippen LogP contribution in [0.15, 0.2) is 89.8 Å². The Morgan fingerprint density at radius 1 is 0.735 bits per heavy atom. The van der Waals surface area contributed by atoms with Crippen molar-refractivity contribution >= 4 is 37.3 Å². The SMILES string of the molecule is Cc1ccc(S(=O)(=O)Nc2cc(-c3c(O)ccc4ccccc34)c(O)c3ccccc23)c(C)c1. The van der Waals surface area contributed by atoms with Crippen molar-refractivity contribution in [1.82, 2.24) is 0 Å². The number of hydrogen-bond donors (Lipinski definition) is 3. The third-order valence-electron chi connectivity index (χ3n) is 6.06. The number of benzene rings is 5. The maximum absolute atomic E-state index is 13.4. The first-order valence-electron chi connectivity index (χ1n) is 10.8. The molecule has 0 bridgehead atoms. The van der Waals surface area contributed by atoms with Crippen LogP contribution in [-0.4, -0.2) is 18.6 Å². The predicted octanol–water partition coefficient (Wildman–Crippen LogP) is 6.49. The van der Waals surface area contributed by atoms with Gasteiger partial charge in [0.25, 0.3) is 10.0 Å². The lowest BCUT2D eigenvalue weighted by atomic mass is 9.93. The molecular weight excluding hydrogens is 446 g/mol. The van der Waals surface area contributed by atoms with Gasteiger partial charge in [-0.2, -0.15) is 0 Å². The Morgan fingerprint density at radius 2 is 1.41 bits per heavy atom. The zero-order valence-corrected chi connectivity index (χ0v) is 19.5. The van der Waals surface area contributed by atoms with Crippen LogP contribution in [0.5, 0.6) is 11.5 Å². The van der Waals surface area contributed by atoms with Gasteiger partial charge in [-0.15, -0.1) is 0 Å². The molecule has 0 aliphatic carbocycles. The first kappa shape index (κ1) is 21.8. The van der Waals surface area contributed by atoms with Crippen LogP contribution in [0.2, 0.25) is 0 Å². The Kier molecular flexibility index (Phi) is 5.18. The van der Waals surface area contributed by atoms with Gasteiger partial charge in [-0.3, -0.25) is 4.72 Å². The largest absolute Gasteiger partial charge is 0.507 e. The van der Waals surface area contributed by atoms with E-state index in [1.165, 1.54) is 0 Å². The second-order valence-electron chi connectivity index (χ2n) is 8.42. The van der Waals surface area contributed by atoms with E-state index < -0.39 is 10.0 Å². The Labute approximate surface area is 198 Å². The van der Waals surface area contributed by atoms with Gasteiger partial charge in [0.15, 0.2) is 0 Å². The second-order valence-corrected chi connectivity index (χ2v) is 10.1. The number of aromatic hydroxyl groups is 2. The summed E-state index contributed by atoms with van der Waals surface area (Å²) in [6, 6.07) is 24.7. The minimum absolute atomic E-state index is 0.00697. The van der Waals surface area contributed by atoms with E-state index in [2.05, 4.69) is 4.72 Å². The topological polar surface area (TPSA) is 86.6 Å². The van der Waals surface area contributed by atoms with Crippen LogP contribution < -0.4 is 4.72 Å². The van der Waals surface area contributed by atoms with Crippen LogP contribution >= 0.6 is 0 Å². The molecule has 0 aromatic heterocycles. The summed E-state index contributed by atoms with van der Waals surface area (Å²) in [6.07, 6.45) is 0. The maximum atomic E-state index is 13.4. The number of phenols is 2. The average molecular weight is 470 g/mol. The average Bonchev–Trinajstić information content (AvgIpc) is 2.81. The summed E-state index contributed by atoms with van der Waals surface area (Å²) in [7, 11) is -3.91. The number of sulfonamides is 1. The van der Waals surface area contributed by atoms with Crippen LogP contribution in [0.25, 0.3) is 32.7 Å². The summed E-state index contributed by atoms with van der Waals surface area (Å²) >= 11 is 0. The van der Waals surface area contributed by atoms with Crippen molar-refractivity contribution in [2.45, 2.75) is 18.7 Å². The lowest BCUT2D eigenvalue weighted by Crippen LogP contribution is -2.14. The van der Waals surface area contributed by atoms with E-state index in [1.54, 1.807) is 61.5 Å². The highest BCUT2D eigenvalue weighted by Gasteiger charge is 2.22. The zero-order chi connectivity index (χ0) is 24.0. The predicted molar refractivity (Wildman–Crippen MR) is 137 cm³/mol. The third-order valence-corrected chi connectivity index (χ3v) is 7.58. The minimum Gasteiger partial charge on any atom is -0.507 e. The number of anilines is 1. The van der Waals surface area contributed by atoms with Crippen molar-refractivity contribution in [3.8, 4) is 22.6 Å². The number of aryl methyl sites for hydroxylation is 2. The van der Waals surface area contributed by atoms with Gasteiger partial charge in [-0.1, -0.05) is 72.3 Å². The molecule has 34 heavy (non-hydrogen) atoms. The first-order valence-corrected chi connectivity index (χ1v) is 12.3. The molecule has 3 N–H and O–H groups in total. The Morgan fingerprint density at radius 3 is 2.15 bits per heavy atom. The molecule has 0 atom stereocenters. The Hall–Kier alpha value is -4.03. The van der Waals surface area contributed by atoms with Gasteiger partial charge in [0.2, 0.25) is 0 Å². The van der Waals surface area contributed by atoms with Gasteiger partial charge < -0.3 is 10.2 Å². The molecule has 5 nitrogen and oxygen atoms in total. The fraction of sp³-hybridized carbons (Fsp3) is 0.0714. The molecule has 6 heteroatoms. The summed E-state index contributed by atoms with van der Waals surface area (Å²) in [5.74, 6) is -0.0378. The molecule has 0 spiro atoms. The van der Waals surface area contributed by atoms with E-state index in [0.29, 0.717) is 33.2 Å². The van der Waals surface area contributed by atoms with Gasteiger partial charge in [0.05, 0.1) is 10.6 Å². The Bertz CT molecular complexity index is 1690. The lowest BCUT2D eigenvalue weighted by Gasteiger charge is -2.18. The molecular formula is C28H23NO4S. The summed E-state index contributed by atoms with van der Waals surface area (Å²) in [5.41, 5.74) is 2.71. The molecule has 0 aliphatic heterocycles. The maximum Gasteiger partial charge on any atom is 0.262 e.